The van der Waals surface area contributed by atoms with Crippen molar-refractivity contribution in [3.8, 4) is 5.88 Å². The van der Waals surface area contributed by atoms with E-state index in [0.29, 0.717) is 56.7 Å². The number of nitrogens with one attached hydrogen (secondary N) is 1. The van der Waals surface area contributed by atoms with Crippen LogP contribution in [-0.4, -0.2) is 47.4 Å². The van der Waals surface area contributed by atoms with Crippen molar-refractivity contribution in [2.24, 2.45) is 5.41 Å². The van der Waals surface area contributed by atoms with Gasteiger partial charge in [-0.1, -0.05) is 0 Å². The Balaban J connectivity index is 2.08. The second-order valence-electron chi connectivity index (χ2n) is 5.12. The van der Waals surface area contributed by atoms with Crippen LogP contribution in [-0.2, 0) is 9.53 Å². The molecular weight excluding hydrogens is 274 g/mol. The molecule has 0 atom stereocenters. The minimum absolute atomic E-state index is 0.313. The van der Waals surface area contributed by atoms with Crippen molar-refractivity contribution in [3.63, 3.8) is 0 Å². The van der Waals surface area contributed by atoms with Crippen LogP contribution < -0.4 is 10.1 Å². The third kappa shape index (κ3) is 3.81. The van der Waals surface area contributed by atoms with E-state index in [4.69, 9.17) is 9.47 Å². The first-order valence-electron chi connectivity index (χ1n) is 7.09. The molecule has 1 fully saturated rings. The molecule has 1 aromatic heterocycles. The lowest BCUT2D eigenvalue weighted by Crippen LogP contribution is -2.42. The van der Waals surface area contributed by atoms with Gasteiger partial charge >= 0.3 is 5.97 Å². The van der Waals surface area contributed by atoms with Crippen LogP contribution in [0.1, 0.15) is 25.6 Å². The number of rotatable bonds is 6. The van der Waals surface area contributed by atoms with E-state index < -0.39 is 11.4 Å². The summed E-state index contributed by atoms with van der Waals surface area (Å²) < 4.78 is 10.6. The number of carboxylic acid groups (broad SMARTS) is 1. The SMILES string of the molecule is CCOc1cc(NCC2(C(=O)O)CCOCC2)nc(C)n1. The fourth-order valence-corrected chi connectivity index (χ4v) is 2.34. The van der Waals surface area contributed by atoms with Crippen molar-refractivity contribution in [1.29, 1.82) is 0 Å². The first-order valence-corrected chi connectivity index (χ1v) is 7.09. The average molecular weight is 295 g/mol. The van der Waals surface area contributed by atoms with Gasteiger partial charge in [-0.2, -0.15) is 4.98 Å². The van der Waals surface area contributed by atoms with Crippen molar-refractivity contribution >= 4 is 11.8 Å². The van der Waals surface area contributed by atoms with Gasteiger partial charge in [0.25, 0.3) is 0 Å². The van der Waals surface area contributed by atoms with Gasteiger partial charge in [0.2, 0.25) is 5.88 Å². The Morgan fingerprint density at radius 2 is 2.19 bits per heavy atom. The monoisotopic (exact) mass is 295 g/mol. The van der Waals surface area contributed by atoms with E-state index >= 15 is 0 Å². The number of aryl methyl sites for hydroxylation is 1. The summed E-state index contributed by atoms with van der Waals surface area (Å²) in [6.45, 7) is 5.43. The molecule has 2 heterocycles. The Bertz CT molecular complexity index is 501. The molecule has 0 spiro atoms. The molecule has 0 radical (unpaired) electrons. The minimum atomic E-state index is -0.803. The molecule has 0 aliphatic carbocycles. The third-order valence-electron chi connectivity index (χ3n) is 3.62. The van der Waals surface area contributed by atoms with Gasteiger partial charge in [0.1, 0.15) is 11.6 Å². The summed E-state index contributed by atoms with van der Waals surface area (Å²) in [5.41, 5.74) is -0.803. The van der Waals surface area contributed by atoms with Crippen LogP contribution in [0.4, 0.5) is 5.82 Å². The van der Waals surface area contributed by atoms with Gasteiger partial charge in [0, 0.05) is 25.8 Å². The van der Waals surface area contributed by atoms with Crippen LogP contribution in [0.15, 0.2) is 6.07 Å². The highest BCUT2D eigenvalue weighted by atomic mass is 16.5. The fourth-order valence-electron chi connectivity index (χ4n) is 2.34. The molecule has 2 N–H and O–H groups in total. The van der Waals surface area contributed by atoms with E-state index in [-0.39, 0.29) is 0 Å². The van der Waals surface area contributed by atoms with Crippen molar-refractivity contribution in [2.75, 3.05) is 31.7 Å². The van der Waals surface area contributed by atoms with Gasteiger partial charge in [0.15, 0.2) is 0 Å². The van der Waals surface area contributed by atoms with Crippen LogP contribution in [0.3, 0.4) is 0 Å². The summed E-state index contributed by atoms with van der Waals surface area (Å²) >= 11 is 0. The number of anilines is 1. The molecule has 1 aliphatic rings. The van der Waals surface area contributed by atoms with E-state index in [1.807, 2.05) is 6.92 Å². The Kier molecular flexibility index (Phi) is 4.95. The summed E-state index contributed by atoms with van der Waals surface area (Å²) in [7, 11) is 0. The van der Waals surface area contributed by atoms with E-state index in [0.717, 1.165) is 0 Å². The van der Waals surface area contributed by atoms with E-state index in [1.165, 1.54) is 0 Å². The van der Waals surface area contributed by atoms with Crippen LogP contribution in [0.5, 0.6) is 5.88 Å². The Morgan fingerprint density at radius 3 is 2.81 bits per heavy atom. The minimum Gasteiger partial charge on any atom is -0.481 e. The van der Waals surface area contributed by atoms with Gasteiger partial charge in [-0.05, 0) is 26.7 Å². The molecule has 21 heavy (non-hydrogen) atoms. The van der Waals surface area contributed by atoms with Crippen molar-refractivity contribution in [3.05, 3.63) is 11.9 Å². The molecular formula is C14H21N3O4. The quantitative estimate of drug-likeness (QED) is 0.820. The van der Waals surface area contributed by atoms with Gasteiger partial charge < -0.3 is 19.9 Å². The lowest BCUT2D eigenvalue weighted by molar-refractivity contribution is -0.153. The summed E-state index contributed by atoms with van der Waals surface area (Å²) in [6.07, 6.45) is 0.995. The standard InChI is InChI=1S/C14H21N3O4/c1-3-21-12-8-11(16-10(2)17-12)15-9-14(13(18)19)4-6-20-7-5-14/h8H,3-7,9H2,1-2H3,(H,18,19)(H,15,16,17). The Hall–Kier alpha value is -1.89. The maximum absolute atomic E-state index is 11.6. The van der Waals surface area contributed by atoms with E-state index in [2.05, 4.69) is 15.3 Å². The fraction of sp³-hybridized carbons (Fsp3) is 0.643. The zero-order chi connectivity index (χ0) is 15.3. The third-order valence-corrected chi connectivity index (χ3v) is 3.62. The highest BCUT2D eigenvalue weighted by Crippen LogP contribution is 2.31. The topological polar surface area (TPSA) is 93.6 Å². The first kappa shape index (κ1) is 15.5. The summed E-state index contributed by atoms with van der Waals surface area (Å²) in [5.74, 6) is 0.857. The zero-order valence-corrected chi connectivity index (χ0v) is 12.4. The number of carboxylic acids is 1. The van der Waals surface area contributed by atoms with Gasteiger partial charge in [-0.3, -0.25) is 4.79 Å². The molecule has 0 amide bonds. The molecule has 2 rings (SSSR count). The molecule has 0 aromatic carbocycles. The number of ether oxygens (including phenoxy) is 2. The summed E-state index contributed by atoms with van der Waals surface area (Å²) in [4.78, 5) is 20.0. The van der Waals surface area contributed by atoms with Gasteiger partial charge in [-0.25, -0.2) is 4.98 Å². The van der Waals surface area contributed by atoms with E-state index in [9.17, 15) is 9.90 Å². The average Bonchev–Trinajstić information content (AvgIpc) is 2.46. The van der Waals surface area contributed by atoms with Gasteiger partial charge in [0.05, 0.1) is 12.0 Å². The second kappa shape index (κ2) is 6.71. The number of nitrogens with zero attached hydrogens (tertiary/aromatic N) is 2. The maximum Gasteiger partial charge on any atom is 0.311 e. The number of carbonyl (C=O) groups is 1. The highest BCUT2D eigenvalue weighted by molar-refractivity contribution is 5.75. The molecule has 0 unspecified atom stereocenters. The number of aromatic nitrogens is 2. The molecule has 1 aromatic rings. The summed E-state index contributed by atoms with van der Waals surface area (Å²) in [6, 6.07) is 1.69. The summed E-state index contributed by atoms with van der Waals surface area (Å²) in [5, 5.41) is 12.6. The second-order valence-corrected chi connectivity index (χ2v) is 5.12. The highest BCUT2D eigenvalue weighted by Gasteiger charge is 2.40. The Labute approximate surface area is 123 Å². The molecule has 0 bridgehead atoms. The Morgan fingerprint density at radius 1 is 1.48 bits per heavy atom. The van der Waals surface area contributed by atoms with Crippen LogP contribution in [0.2, 0.25) is 0 Å². The predicted molar refractivity (Wildman–Crippen MR) is 76.5 cm³/mol. The predicted octanol–water partition coefficient (Wildman–Crippen LogP) is 1.48. The first-order chi connectivity index (χ1) is 10.1. The lowest BCUT2D eigenvalue weighted by atomic mass is 9.80. The maximum atomic E-state index is 11.6. The van der Waals surface area contributed by atoms with Gasteiger partial charge in [-0.15, -0.1) is 0 Å². The number of hydrogen-bond acceptors (Lipinski definition) is 6. The molecule has 7 heteroatoms. The molecule has 7 nitrogen and oxygen atoms in total. The van der Waals surface area contributed by atoms with Crippen molar-refractivity contribution < 1.29 is 19.4 Å². The molecule has 1 saturated heterocycles. The molecule has 116 valence electrons. The van der Waals surface area contributed by atoms with Crippen LogP contribution >= 0.6 is 0 Å². The molecule has 1 aliphatic heterocycles. The van der Waals surface area contributed by atoms with Crippen molar-refractivity contribution in [1.82, 2.24) is 9.97 Å². The number of aliphatic carboxylic acids is 1. The van der Waals surface area contributed by atoms with E-state index in [1.54, 1.807) is 13.0 Å². The smallest absolute Gasteiger partial charge is 0.311 e. The normalized spacial score (nSPS) is 17.2. The largest absolute Gasteiger partial charge is 0.481 e. The van der Waals surface area contributed by atoms with Crippen molar-refractivity contribution in [2.45, 2.75) is 26.7 Å². The van der Waals surface area contributed by atoms with Crippen LogP contribution in [0.25, 0.3) is 0 Å². The lowest BCUT2D eigenvalue weighted by Gasteiger charge is -2.33. The number of hydrogen-bond donors (Lipinski definition) is 2. The van der Waals surface area contributed by atoms with Crippen LogP contribution in [0, 0.1) is 12.3 Å². The molecule has 0 saturated carbocycles. The zero-order valence-electron chi connectivity index (χ0n) is 12.4.